The van der Waals surface area contributed by atoms with Gasteiger partial charge in [-0.05, 0) is 30.7 Å². The molecule has 2 aliphatic heterocycles. The summed E-state index contributed by atoms with van der Waals surface area (Å²) in [6.45, 7) is 3.28. The number of nitrogens with one attached hydrogen (secondary N) is 1. The van der Waals surface area contributed by atoms with Gasteiger partial charge in [0.2, 0.25) is 10.0 Å². The first kappa shape index (κ1) is 16.2. The molecule has 0 bridgehead atoms. The third-order valence-electron chi connectivity index (χ3n) is 4.19. The van der Waals surface area contributed by atoms with E-state index in [1.54, 1.807) is 14.1 Å². The Morgan fingerprint density at radius 2 is 1.94 bits per heavy atom. The molecule has 2 heterocycles. The summed E-state index contributed by atoms with van der Waals surface area (Å²) in [7, 11) is 0.107. The van der Waals surface area contributed by atoms with Crippen molar-refractivity contribution in [2.75, 3.05) is 46.2 Å². The summed E-state index contributed by atoms with van der Waals surface area (Å²) in [6.07, 6.45) is 1.96. The van der Waals surface area contributed by atoms with Crippen molar-refractivity contribution < 1.29 is 13.2 Å². The summed E-state index contributed by atoms with van der Waals surface area (Å²) in [4.78, 5) is 0. The molecule has 1 unspecified atom stereocenters. The van der Waals surface area contributed by atoms with Crippen molar-refractivity contribution in [2.45, 2.75) is 12.8 Å². The van der Waals surface area contributed by atoms with Crippen LogP contribution in [-0.4, -0.2) is 58.9 Å². The van der Waals surface area contributed by atoms with Gasteiger partial charge in [-0.3, -0.25) is 0 Å². The summed E-state index contributed by atoms with van der Waals surface area (Å²) in [6, 6.07) is 0. The fourth-order valence-electron chi connectivity index (χ4n) is 2.86. The van der Waals surface area contributed by atoms with Crippen LogP contribution in [0.1, 0.15) is 12.8 Å². The van der Waals surface area contributed by atoms with E-state index in [9.17, 15) is 8.42 Å². The molecule has 1 atom stereocenters. The number of rotatable bonds is 3. The minimum absolute atomic E-state index is 0. The first-order valence-corrected chi connectivity index (χ1v) is 7.76. The molecule has 0 saturated carbocycles. The van der Waals surface area contributed by atoms with Crippen LogP contribution in [0.25, 0.3) is 0 Å². The van der Waals surface area contributed by atoms with Gasteiger partial charge in [0.15, 0.2) is 0 Å². The van der Waals surface area contributed by atoms with Gasteiger partial charge in [-0.2, -0.15) is 0 Å². The number of halogens is 1. The van der Waals surface area contributed by atoms with Crippen molar-refractivity contribution in [3.05, 3.63) is 0 Å². The molecule has 2 rings (SSSR count). The quantitative estimate of drug-likeness (QED) is 0.815. The summed E-state index contributed by atoms with van der Waals surface area (Å²) in [5.41, 5.74) is 0.140. The van der Waals surface area contributed by atoms with Crippen LogP contribution in [0.5, 0.6) is 0 Å². The molecule has 1 N–H and O–H groups in total. The number of sulfonamides is 1. The van der Waals surface area contributed by atoms with E-state index < -0.39 is 10.0 Å². The second kappa shape index (κ2) is 6.05. The Balaban J connectivity index is 0.00000162. The first-order chi connectivity index (χ1) is 7.96. The van der Waals surface area contributed by atoms with Gasteiger partial charge in [0, 0.05) is 33.9 Å². The Morgan fingerprint density at radius 3 is 2.50 bits per heavy atom. The summed E-state index contributed by atoms with van der Waals surface area (Å²) in [5.74, 6) is 0.478. The molecular weight excluding hydrogens is 276 g/mol. The van der Waals surface area contributed by atoms with Crippen molar-refractivity contribution in [2.24, 2.45) is 11.3 Å². The molecule has 0 radical (unpaired) electrons. The lowest BCUT2D eigenvalue weighted by Crippen LogP contribution is -2.41. The van der Waals surface area contributed by atoms with Crippen molar-refractivity contribution >= 4 is 22.4 Å². The maximum atomic E-state index is 12.0. The Bertz CT molecular complexity index is 366. The predicted molar refractivity (Wildman–Crippen MR) is 73.6 cm³/mol. The second-order valence-corrected chi connectivity index (χ2v) is 7.59. The van der Waals surface area contributed by atoms with Crippen LogP contribution >= 0.6 is 12.4 Å². The molecule has 5 nitrogen and oxygen atoms in total. The van der Waals surface area contributed by atoms with E-state index in [0.29, 0.717) is 0 Å². The Morgan fingerprint density at radius 1 is 1.33 bits per heavy atom. The highest BCUT2D eigenvalue weighted by Crippen LogP contribution is 2.41. The van der Waals surface area contributed by atoms with E-state index >= 15 is 0 Å². The van der Waals surface area contributed by atoms with Crippen LogP contribution in [0.3, 0.4) is 0 Å². The van der Waals surface area contributed by atoms with E-state index in [4.69, 9.17) is 4.74 Å². The Labute approximate surface area is 116 Å². The molecule has 108 valence electrons. The standard InChI is InChI=1S/C11H22N2O3S.ClH/c1-13(2)17(14,15)8-10-7-12-9-11(10)3-5-16-6-4-11;/h10,12H,3-9H2,1-2H3;1H. The molecule has 2 fully saturated rings. The van der Waals surface area contributed by atoms with Crippen LogP contribution in [0.15, 0.2) is 0 Å². The minimum atomic E-state index is -3.10. The van der Waals surface area contributed by atoms with E-state index in [1.807, 2.05) is 0 Å². The molecule has 2 saturated heterocycles. The zero-order chi connectivity index (χ0) is 12.5. The summed E-state index contributed by atoms with van der Waals surface area (Å²) >= 11 is 0. The van der Waals surface area contributed by atoms with Crippen molar-refractivity contribution in [3.8, 4) is 0 Å². The highest BCUT2D eigenvalue weighted by atomic mass is 35.5. The van der Waals surface area contributed by atoms with Crippen LogP contribution in [-0.2, 0) is 14.8 Å². The molecule has 0 aromatic carbocycles. The lowest BCUT2D eigenvalue weighted by molar-refractivity contribution is 0.00668. The smallest absolute Gasteiger partial charge is 0.213 e. The number of ether oxygens (including phenoxy) is 1. The second-order valence-electron chi connectivity index (χ2n) is 5.36. The van der Waals surface area contributed by atoms with Crippen LogP contribution in [0, 0.1) is 11.3 Å². The van der Waals surface area contributed by atoms with Crippen LogP contribution in [0.2, 0.25) is 0 Å². The third-order valence-corrected chi connectivity index (χ3v) is 6.13. The average molecular weight is 299 g/mol. The summed E-state index contributed by atoms with van der Waals surface area (Å²) < 4.78 is 30.7. The molecule has 7 heteroatoms. The van der Waals surface area contributed by atoms with Crippen molar-refractivity contribution in [3.63, 3.8) is 0 Å². The topological polar surface area (TPSA) is 58.6 Å². The van der Waals surface area contributed by atoms with E-state index in [2.05, 4.69) is 5.32 Å². The molecule has 1 spiro atoms. The molecule has 0 aromatic rings. The third kappa shape index (κ3) is 3.17. The monoisotopic (exact) mass is 298 g/mol. The fourth-order valence-corrected chi connectivity index (χ4v) is 4.14. The normalized spacial score (nSPS) is 27.4. The molecule has 0 aromatic heterocycles. The molecular formula is C11H23ClN2O3S. The van der Waals surface area contributed by atoms with Gasteiger partial charge in [-0.1, -0.05) is 0 Å². The molecule has 2 aliphatic rings. The summed E-state index contributed by atoms with van der Waals surface area (Å²) in [5, 5.41) is 3.36. The number of nitrogens with zero attached hydrogens (tertiary/aromatic N) is 1. The first-order valence-electron chi connectivity index (χ1n) is 6.15. The van der Waals surface area contributed by atoms with Crippen molar-refractivity contribution in [1.29, 1.82) is 0 Å². The zero-order valence-electron chi connectivity index (χ0n) is 11.0. The van der Waals surface area contributed by atoms with Crippen LogP contribution < -0.4 is 5.32 Å². The Hall–Kier alpha value is 0.120. The fraction of sp³-hybridized carbons (Fsp3) is 1.00. The van der Waals surface area contributed by atoms with Gasteiger partial charge in [-0.15, -0.1) is 12.4 Å². The number of hydrogen-bond acceptors (Lipinski definition) is 4. The van der Waals surface area contributed by atoms with E-state index in [-0.39, 0.29) is 29.5 Å². The lowest BCUT2D eigenvalue weighted by Gasteiger charge is -2.38. The zero-order valence-corrected chi connectivity index (χ0v) is 12.6. The van der Waals surface area contributed by atoms with Gasteiger partial charge < -0.3 is 10.1 Å². The van der Waals surface area contributed by atoms with Gasteiger partial charge in [0.25, 0.3) is 0 Å². The Kier molecular flexibility index (Phi) is 5.44. The van der Waals surface area contributed by atoms with Gasteiger partial charge in [-0.25, -0.2) is 12.7 Å². The molecule has 18 heavy (non-hydrogen) atoms. The van der Waals surface area contributed by atoms with Gasteiger partial charge in [0.1, 0.15) is 0 Å². The van der Waals surface area contributed by atoms with E-state index in [0.717, 1.165) is 39.1 Å². The number of hydrogen-bond donors (Lipinski definition) is 1. The molecule has 0 amide bonds. The minimum Gasteiger partial charge on any atom is -0.381 e. The van der Waals surface area contributed by atoms with Crippen molar-refractivity contribution in [1.82, 2.24) is 9.62 Å². The highest BCUT2D eigenvalue weighted by Gasteiger charge is 2.45. The van der Waals surface area contributed by atoms with Gasteiger partial charge in [0.05, 0.1) is 5.75 Å². The van der Waals surface area contributed by atoms with Gasteiger partial charge >= 0.3 is 0 Å². The lowest BCUT2D eigenvalue weighted by atomic mass is 9.73. The highest BCUT2D eigenvalue weighted by molar-refractivity contribution is 7.89. The SMILES string of the molecule is CN(C)S(=O)(=O)CC1CNCC12CCOCC2.Cl. The maximum absolute atomic E-state index is 12.0. The maximum Gasteiger partial charge on any atom is 0.213 e. The van der Waals surface area contributed by atoms with Crippen LogP contribution in [0.4, 0.5) is 0 Å². The largest absolute Gasteiger partial charge is 0.381 e. The molecule has 0 aliphatic carbocycles. The average Bonchev–Trinajstić information content (AvgIpc) is 2.62. The van der Waals surface area contributed by atoms with E-state index in [1.165, 1.54) is 4.31 Å². The predicted octanol–water partition coefficient (Wildman–Crippen LogP) is 0.316.